The van der Waals surface area contributed by atoms with Crippen molar-refractivity contribution in [2.45, 2.75) is 33.4 Å². The Morgan fingerprint density at radius 2 is 1.68 bits per heavy atom. The van der Waals surface area contributed by atoms with Crippen LogP contribution in [0.15, 0.2) is 42.5 Å². The number of carbonyl (C=O) groups is 2. The van der Waals surface area contributed by atoms with Crippen molar-refractivity contribution in [3.63, 3.8) is 0 Å². The van der Waals surface area contributed by atoms with Gasteiger partial charge in [-0.3, -0.25) is 9.59 Å². The molecule has 0 spiro atoms. The van der Waals surface area contributed by atoms with E-state index in [0.717, 1.165) is 11.1 Å². The molecule has 0 saturated heterocycles. The number of rotatable bonds is 8. The summed E-state index contributed by atoms with van der Waals surface area (Å²) >= 11 is 0. The zero-order valence-corrected chi connectivity index (χ0v) is 17.0. The van der Waals surface area contributed by atoms with E-state index in [0.29, 0.717) is 23.6 Å². The van der Waals surface area contributed by atoms with Gasteiger partial charge in [0.2, 0.25) is 5.91 Å². The average Bonchev–Trinajstić information content (AvgIpc) is 2.69. The lowest BCUT2D eigenvalue weighted by Crippen LogP contribution is -2.49. The number of benzene rings is 2. The van der Waals surface area contributed by atoms with Crippen molar-refractivity contribution in [2.24, 2.45) is 5.92 Å². The highest BCUT2D eigenvalue weighted by Crippen LogP contribution is 2.27. The number of nitrogens with one attached hydrogen (secondary N) is 2. The van der Waals surface area contributed by atoms with E-state index >= 15 is 0 Å². The zero-order chi connectivity index (χ0) is 20.7. The fraction of sp³-hybridized carbons (Fsp3) is 0.364. The van der Waals surface area contributed by atoms with Crippen LogP contribution in [0.25, 0.3) is 0 Å². The van der Waals surface area contributed by atoms with E-state index < -0.39 is 6.04 Å². The first-order chi connectivity index (χ1) is 13.4. The van der Waals surface area contributed by atoms with Crippen molar-refractivity contribution in [1.82, 2.24) is 10.6 Å². The molecule has 0 saturated carbocycles. The number of amides is 2. The fourth-order valence-corrected chi connectivity index (χ4v) is 2.87. The van der Waals surface area contributed by atoms with Crippen LogP contribution in [-0.4, -0.2) is 32.1 Å². The van der Waals surface area contributed by atoms with Gasteiger partial charge in [0, 0.05) is 12.1 Å². The van der Waals surface area contributed by atoms with E-state index in [1.54, 1.807) is 26.4 Å². The van der Waals surface area contributed by atoms with Crippen LogP contribution in [0, 0.1) is 12.8 Å². The molecular formula is C22H28N2O4. The monoisotopic (exact) mass is 384 g/mol. The van der Waals surface area contributed by atoms with Gasteiger partial charge in [-0.25, -0.2) is 0 Å². The van der Waals surface area contributed by atoms with Crippen LogP contribution >= 0.6 is 0 Å². The van der Waals surface area contributed by atoms with Gasteiger partial charge in [0.15, 0.2) is 11.5 Å². The minimum atomic E-state index is -0.632. The maximum Gasteiger partial charge on any atom is 0.252 e. The summed E-state index contributed by atoms with van der Waals surface area (Å²) < 4.78 is 10.5. The summed E-state index contributed by atoms with van der Waals surface area (Å²) in [5, 5.41) is 5.75. The molecular weight excluding hydrogens is 356 g/mol. The molecule has 0 radical (unpaired) electrons. The Morgan fingerprint density at radius 1 is 1.00 bits per heavy atom. The molecule has 0 aromatic heterocycles. The van der Waals surface area contributed by atoms with Crippen molar-refractivity contribution in [1.29, 1.82) is 0 Å². The van der Waals surface area contributed by atoms with Crippen LogP contribution in [0.1, 0.15) is 35.3 Å². The van der Waals surface area contributed by atoms with E-state index in [1.165, 1.54) is 0 Å². The van der Waals surface area contributed by atoms with Crippen molar-refractivity contribution in [3.8, 4) is 11.5 Å². The van der Waals surface area contributed by atoms with Crippen molar-refractivity contribution in [3.05, 3.63) is 59.2 Å². The summed E-state index contributed by atoms with van der Waals surface area (Å²) in [5.41, 5.74) is 2.31. The Hall–Kier alpha value is -3.02. The average molecular weight is 384 g/mol. The zero-order valence-electron chi connectivity index (χ0n) is 17.0. The third kappa shape index (κ3) is 5.25. The molecule has 1 atom stereocenters. The van der Waals surface area contributed by atoms with Gasteiger partial charge in [-0.1, -0.05) is 38.1 Å². The molecule has 0 heterocycles. The van der Waals surface area contributed by atoms with Crippen LogP contribution in [0.4, 0.5) is 0 Å². The summed E-state index contributed by atoms with van der Waals surface area (Å²) in [6.07, 6.45) is 0. The fourth-order valence-electron chi connectivity index (χ4n) is 2.87. The lowest BCUT2D eigenvalue weighted by Gasteiger charge is -2.22. The summed E-state index contributed by atoms with van der Waals surface area (Å²) in [6.45, 7) is 6.00. The second kappa shape index (κ2) is 9.78. The van der Waals surface area contributed by atoms with Gasteiger partial charge < -0.3 is 20.1 Å². The molecule has 2 N–H and O–H groups in total. The first kappa shape index (κ1) is 21.3. The van der Waals surface area contributed by atoms with Crippen LogP contribution < -0.4 is 20.1 Å². The predicted octanol–water partition coefficient (Wildman–Crippen LogP) is 3.08. The highest BCUT2D eigenvalue weighted by molar-refractivity contribution is 5.98. The van der Waals surface area contributed by atoms with Crippen LogP contribution in [0.5, 0.6) is 11.5 Å². The van der Waals surface area contributed by atoms with Crippen LogP contribution in [-0.2, 0) is 11.3 Å². The first-order valence-corrected chi connectivity index (χ1v) is 9.22. The maximum atomic E-state index is 12.7. The largest absolute Gasteiger partial charge is 0.493 e. The van der Waals surface area contributed by atoms with Crippen LogP contribution in [0.3, 0.4) is 0 Å². The van der Waals surface area contributed by atoms with Crippen molar-refractivity contribution < 1.29 is 19.1 Å². The molecule has 2 aromatic rings. The minimum absolute atomic E-state index is 0.0571. The first-order valence-electron chi connectivity index (χ1n) is 9.22. The van der Waals surface area contributed by atoms with E-state index in [4.69, 9.17) is 9.47 Å². The number of carbonyl (C=O) groups excluding carboxylic acids is 2. The SMILES string of the molecule is COc1ccc(CNC(=O)C(NC(=O)c2ccccc2C)C(C)C)cc1OC. The van der Waals surface area contributed by atoms with Gasteiger partial charge in [0.05, 0.1) is 14.2 Å². The molecule has 6 nitrogen and oxygen atoms in total. The molecule has 28 heavy (non-hydrogen) atoms. The quantitative estimate of drug-likeness (QED) is 0.733. The molecule has 150 valence electrons. The summed E-state index contributed by atoms with van der Waals surface area (Å²) in [7, 11) is 3.14. The lowest BCUT2D eigenvalue weighted by molar-refractivity contribution is -0.124. The lowest BCUT2D eigenvalue weighted by atomic mass is 10.0. The molecule has 2 amide bonds. The molecule has 1 unspecified atom stereocenters. The molecule has 0 bridgehead atoms. The number of ether oxygens (including phenoxy) is 2. The van der Waals surface area contributed by atoms with E-state index in [2.05, 4.69) is 10.6 Å². The van der Waals surface area contributed by atoms with Crippen molar-refractivity contribution in [2.75, 3.05) is 14.2 Å². The van der Waals surface area contributed by atoms with Gasteiger partial charge in [0.25, 0.3) is 5.91 Å². The smallest absolute Gasteiger partial charge is 0.252 e. The van der Waals surface area contributed by atoms with E-state index in [-0.39, 0.29) is 17.7 Å². The van der Waals surface area contributed by atoms with Crippen molar-refractivity contribution >= 4 is 11.8 Å². The number of methoxy groups -OCH3 is 2. The molecule has 2 rings (SSSR count). The Balaban J connectivity index is 2.05. The molecule has 6 heteroatoms. The van der Waals surface area contributed by atoms with Gasteiger partial charge in [-0.05, 0) is 42.2 Å². The third-order valence-electron chi connectivity index (χ3n) is 4.54. The number of aryl methyl sites for hydroxylation is 1. The van der Waals surface area contributed by atoms with Gasteiger partial charge >= 0.3 is 0 Å². The number of hydrogen-bond acceptors (Lipinski definition) is 4. The standard InChI is InChI=1S/C22H28N2O4/c1-14(2)20(24-21(25)17-9-7-6-8-15(17)3)22(26)23-13-16-10-11-18(27-4)19(12-16)28-5/h6-12,14,20H,13H2,1-5H3,(H,23,26)(H,24,25). The van der Waals surface area contributed by atoms with Gasteiger partial charge in [0.1, 0.15) is 6.04 Å². The summed E-state index contributed by atoms with van der Waals surface area (Å²) in [6, 6.07) is 12.1. The Bertz CT molecular complexity index is 833. The third-order valence-corrected chi connectivity index (χ3v) is 4.54. The van der Waals surface area contributed by atoms with Crippen LogP contribution in [0.2, 0.25) is 0 Å². The summed E-state index contributed by atoms with van der Waals surface area (Å²) in [4.78, 5) is 25.3. The molecule has 0 aliphatic heterocycles. The van der Waals surface area contributed by atoms with Gasteiger partial charge in [-0.2, -0.15) is 0 Å². The topological polar surface area (TPSA) is 76.7 Å². The Kier molecular flexibility index (Phi) is 7.44. The van der Waals surface area contributed by atoms with E-state index in [1.807, 2.05) is 51.1 Å². The summed E-state index contributed by atoms with van der Waals surface area (Å²) in [5.74, 6) is 0.689. The normalized spacial score (nSPS) is 11.6. The maximum absolute atomic E-state index is 12.7. The predicted molar refractivity (Wildman–Crippen MR) is 109 cm³/mol. The Labute approximate surface area is 166 Å². The van der Waals surface area contributed by atoms with Gasteiger partial charge in [-0.15, -0.1) is 0 Å². The number of hydrogen-bond donors (Lipinski definition) is 2. The highest BCUT2D eigenvalue weighted by Gasteiger charge is 2.25. The highest BCUT2D eigenvalue weighted by atomic mass is 16.5. The molecule has 2 aromatic carbocycles. The minimum Gasteiger partial charge on any atom is -0.493 e. The molecule has 0 aliphatic carbocycles. The Morgan fingerprint density at radius 3 is 2.29 bits per heavy atom. The van der Waals surface area contributed by atoms with E-state index in [9.17, 15) is 9.59 Å². The molecule has 0 fully saturated rings. The second-order valence-corrected chi connectivity index (χ2v) is 6.92. The molecule has 0 aliphatic rings. The second-order valence-electron chi connectivity index (χ2n) is 6.92.